The van der Waals surface area contributed by atoms with E-state index in [9.17, 15) is 14.4 Å². The van der Waals surface area contributed by atoms with E-state index in [2.05, 4.69) is 10.6 Å². The SMILES string of the molecule is CN(C)C(=O)[C@H]1CC[C@@H](NC(=O)OCc2ccccc2)[C@H](NC(=O)OC(C)(C)C)C1. The van der Waals surface area contributed by atoms with Crippen LogP contribution < -0.4 is 10.6 Å². The number of carbonyl (C=O) groups is 3. The molecule has 3 atom stereocenters. The second-order valence-corrected chi connectivity index (χ2v) is 8.81. The third-order valence-corrected chi connectivity index (χ3v) is 4.86. The maximum absolute atomic E-state index is 12.4. The molecule has 0 saturated heterocycles. The summed E-state index contributed by atoms with van der Waals surface area (Å²) in [6, 6.07) is 8.60. The van der Waals surface area contributed by atoms with Crippen molar-refractivity contribution in [3.63, 3.8) is 0 Å². The highest BCUT2D eigenvalue weighted by Crippen LogP contribution is 2.27. The predicted molar refractivity (Wildman–Crippen MR) is 113 cm³/mol. The van der Waals surface area contributed by atoms with Crippen LogP contribution in [0, 0.1) is 5.92 Å². The van der Waals surface area contributed by atoms with Gasteiger partial charge in [-0.2, -0.15) is 0 Å². The smallest absolute Gasteiger partial charge is 0.407 e. The van der Waals surface area contributed by atoms with Crippen molar-refractivity contribution in [1.29, 1.82) is 0 Å². The van der Waals surface area contributed by atoms with Gasteiger partial charge in [0.1, 0.15) is 12.2 Å². The molecule has 1 aliphatic carbocycles. The number of hydrogen-bond donors (Lipinski definition) is 2. The number of carbonyl (C=O) groups excluding carboxylic acids is 3. The van der Waals surface area contributed by atoms with Gasteiger partial charge in [-0.3, -0.25) is 4.79 Å². The van der Waals surface area contributed by atoms with Gasteiger partial charge in [-0.05, 0) is 45.6 Å². The molecular formula is C22H33N3O5. The minimum Gasteiger partial charge on any atom is -0.445 e. The molecule has 1 saturated carbocycles. The Hall–Kier alpha value is -2.77. The molecule has 1 aliphatic rings. The van der Waals surface area contributed by atoms with Crippen molar-refractivity contribution < 1.29 is 23.9 Å². The quantitative estimate of drug-likeness (QED) is 0.765. The van der Waals surface area contributed by atoms with Gasteiger partial charge in [0.05, 0.1) is 12.1 Å². The Morgan fingerprint density at radius 2 is 1.63 bits per heavy atom. The zero-order valence-corrected chi connectivity index (χ0v) is 18.4. The fraction of sp³-hybridized carbons (Fsp3) is 0.591. The van der Waals surface area contributed by atoms with E-state index in [-0.39, 0.29) is 24.5 Å². The first-order valence-corrected chi connectivity index (χ1v) is 10.2. The van der Waals surface area contributed by atoms with Crippen molar-refractivity contribution >= 4 is 18.1 Å². The lowest BCUT2D eigenvalue weighted by molar-refractivity contribution is -0.134. The van der Waals surface area contributed by atoms with E-state index < -0.39 is 23.8 Å². The van der Waals surface area contributed by atoms with E-state index in [1.54, 1.807) is 39.8 Å². The van der Waals surface area contributed by atoms with Crippen LogP contribution in [0.15, 0.2) is 30.3 Å². The average Bonchev–Trinajstić information content (AvgIpc) is 2.66. The van der Waals surface area contributed by atoms with Gasteiger partial charge in [-0.25, -0.2) is 9.59 Å². The summed E-state index contributed by atoms with van der Waals surface area (Å²) in [6.45, 7) is 5.50. The van der Waals surface area contributed by atoms with Crippen LogP contribution in [0.5, 0.6) is 0 Å². The monoisotopic (exact) mass is 419 g/mol. The lowest BCUT2D eigenvalue weighted by atomic mass is 9.81. The number of nitrogens with one attached hydrogen (secondary N) is 2. The minimum absolute atomic E-state index is 0.0103. The van der Waals surface area contributed by atoms with Crippen LogP contribution in [-0.2, 0) is 20.9 Å². The molecule has 166 valence electrons. The molecule has 1 fully saturated rings. The summed E-state index contributed by atoms with van der Waals surface area (Å²) in [5, 5.41) is 5.67. The number of amides is 3. The van der Waals surface area contributed by atoms with Crippen molar-refractivity contribution in [1.82, 2.24) is 15.5 Å². The molecule has 1 aromatic rings. The van der Waals surface area contributed by atoms with Crippen LogP contribution in [0.3, 0.4) is 0 Å². The summed E-state index contributed by atoms with van der Waals surface area (Å²) in [5.41, 5.74) is 0.242. The molecule has 8 nitrogen and oxygen atoms in total. The molecule has 2 N–H and O–H groups in total. The van der Waals surface area contributed by atoms with Gasteiger partial charge >= 0.3 is 12.2 Å². The molecule has 0 unspecified atom stereocenters. The van der Waals surface area contributed by atoms with Crippen molar-refractivity contribution in [3.05, 3.63) is 35.9 Å². The summed E-state index contributed by atoms with van der Waals surface area (Å²) in [7, 11) is 3.42. The zero-order chi connectivity index (χ0) is 22.3. The molecule has 0 radical (unpaired) electrons. The van der Waals surface area contributed by atoms with Gasteiger partial charge in [0.25, 0.3) is 0 Å². The summed E-state index contributed by atoms with van der Waals surface area (Å²) >= 11 is 0. The van der Waals surface area contributed by atoms with Gasteiger partial charge in [0, 0.05) is 20.0 Å². The molecule has 30 heavy (non-hydrogen) atoms. The first kappa shape index (κ1) is 23.5. The lowest BCUT2D eigenvalue weighted by Gasteiger charge is -2.37. The highest BCUT2D eigenvalue weighted by atomic mass is 16.6. The molecule has 0 spiro atoms. The van der Waals surface area contributed by atoms with E-state index in [1.165, 1.54) is 0 Å². The maximum atomic E-state index is 12.4. The van der Waals surface area contributed by atoms with Crippen LogP contribution in [0.4, 0.5) is 9.59 Å². The number of nitrogens with zero attached hydrogens (tertiary/aromatic N) is 1. The van der Waals surface area contributed by atoms with Gasteiger partial charge in [0.2, 0.25) is 5.91 Å². The fourth-order valence-electron chi connectivity index (χ4n) is 3.47. The Balaban J connectivity index is 2.00. The number of hydrogen-bond acceptors (Lipinski definition) is 5. The van der Waals surface area contributed by atoms with Crippen LogP contribution >= 0.6 is 0 Å². The van der Waals surface area contributed by atoms with Crippen LogP contribution in [0.25, 0.3) is 0 Å². The lowest BCUT2D eigenvalue weighted by Crippen LogP contribution is -2.56. The van der Waals surface area contributed by atoms with E-state index in [4.69, 9.17) is 9.47 Å². The first-order valence-electron chi connectivity index (χ1n) is 10.2. The second kappa shape index (κ2) is 10.3. The Labute approximate surface area is 178 Å². The van der Waals surface area contributed by atoms with Crippen molar-refractivity contribution in [2.24, 2.45) is 5.92 Å². The standard InChI is InChI=1S/C22H33N3O5/c1-22(2,3)30-21(28)24-18-13-16(19(26)25(4)5)11-12-17(18)23-20(27)29-14-15-9-7-6-8-10-15/h6-10,16-18H,11-14H2,1-5H3,(H,23,27)(H,24,28)/t16-,17+,18+/m0/s1. The molecule has 0 aromatic heterocycles. The Kier molecular flexibility index (Phi) is 8.08. The summed E-state index contributed by atoms with van der Waals surface area (Å²) in [4.78, 5) is 38.6. The van der Waals surface area contributed by atoms with Gasteiger partial charge in [-0.15, -0.1) is 0 Å². The van der Waals surface area contributed by atoms with Crippen LogP contribution in [0.1, 0.15) is 45.6 Å². The normalized spacial score (nSPS) is 21.3. The molecule has 0 bridgehead atoms. The van der Waals surface area contributed by atoms with E-state index >= 15 is 0 Å². The van der Waals surface area contributed by atoms with Crippen LogP contribution in [-0.4, -0.2) is 54.8 Å². The second-order valence-electron chi connectivity index (χ2n) is 8.81. The molecule has 0 heterocycles. The molecular weight excluding hydrogens is 386 g/mol. The Bertz CT molecular complexity index is 730. The van der Waals surface area contributed by atoms with Gasteiger partial charge in [-0.1, -0.05) is 30.3 Å². The van der Waals surface area contributed by atoms with Crippen molar-refractivity contribution in [2.45, 2.75) is 64.3 Å². The zero-order valence-electron chi connectivity index (χ0n) is 18.4. The topological polar surface area (TPSA) is 97.0 Å². The molecule has 1 aromatic carbocycles. The summed E-state index contributed by atoms with van der Waals surface area (Å²) in [6.07, 6.45) is 0.449. The number of alkyl carbamates (subject to hydrolysis) is 2. The highest BCUT2D eigenvalue weighted by Gasteiger charge is 2.37. The Morgan fingerprint density at radius 3 is 2.23 bits per heavy atom. The molecule has 8 heteroatoms. The van der Waals surface area contributed by atoms with Crippen LogP contribution in [0.2, 0.25) is 0 Å². The third kappa shape index (κ3) is 7.57. The largest absolute Gasteiger partial charge is 0.445 e. The average molecular weight is 420 g/mol. The van der Waals surface area contributed by atoms with Gasteiger partial charge < -0.3 is 25.0 Å². The number of benzene rings is 1. The van der Waals surface area contributed by atoms with E-state index in [1.807, 2.05) is 30.3 Å². The number of ether oxygens (including phenoxy) is 2. The van der Waals surface area contributed by atoms with E-state index in [0.717, 1.165) is 5.56 Å². The summed E-state index contributed by atoms with van der Waals surface area (Å²) < 4.78 is 10.7. The molecule has 3 amide bonds. The summed E-state index contributed by atoms with van der Waals surface area (Å²) in [5.74, 6) is -0.214. The van der Waals surface area contributed by atoms with Crippen molar-refractivity contribution in [3.8, 4) is 0 Å². The predicted octanol–water partition coefficient (Wildman–Crippen LogP) is 3.06. The maximum Gasteiger partial charge on any atom is 0.407 e. The minimum atomic E-state index is -0.644. The molecule has 0 aliphatic heterocycles. The fourth-order valence-corrected chi connectivity index (χ4v) is 3.47. The molecule has 2 rings (SSSR count). The van der Waals surface area contributed by atoms with Crippen molar-refractivity contribution in [2.75, 3.05) is 14.1 Å². The van der Waals surface area contributed by atoms with E-state index in [0.29, 0.717) is 19.3 Å². The number of rotatable bonds is 5. The van der Waals surface area contributed by atoms with Gasteiger partial charge in [0.15, 0.2) is 0 Å². The Morgan fingerprint density at radius 1 is 1.00 bits per heavy atom. The first-order chi connectivity index (χ1) is 14.0. The third-order valence-electron chi connectivity index (χ3n) is 4.86. The highest BCUT2D eigenvalue weighted by molar-refractivity contribution is 5.79.